The first-order valence-corrected chi connectivity index (χ1v) is 10.4. The van der Waals surface area contributed by atoms with Gasteiger partial charge in [0.25, 0.3) is 0 Å². The topological polar surface area (TPSA) is 63.5 Å². The normalized spacial score (nSPS) is 11.2. The molecule has 0 aliphatic rings. The Morgan fingerprint density at radius 2 is 1.77 bits per heavy atom. The highest BCUT2D eigenvalue weighted by Crippen LogP contribution is 2.24. The summed E-state index contributed by atoms with van der Waals surface area (Å²) >= 11 is 0. The van der Waals surface area contributed by atoms with Crippen LogP contribution in [0.3, 0.4) is 0 Å². The second-order valence-corrected chi connectivity index (χ2v) is 7.96. The van der Waals surface area contributed by atoms with E-state index >= 15 is 0 Å². The first-order valence-electron chi connectivity index (χ1n) is 10.4. The van der Waals surface area contributed by atoms with Crippen LogP contribution in [-0.4, -0.2) is 21.7 Å². The Labute approximate surface area is 182 Å². The SMILES string of the molecule is Cc1c(CNCc2ccc(OC(C)C)cc2)c(C(=O)O)c(C)n1Cc1cccc(F)c1. The number of nitrogens with zero attached hydrogens (tertiary/aromatic N) is 1. The average Bonchev–Trinajstić information content (AvgIpc) is 2.93. The molecule has 3 aromatic rings. The van der Waals surface area contributed by atoms with Crippen molar-refractivity contribution in [1.82, 2.24) is 9.88 Å². The van der Waals surface area contributed by atoms with Gasteiger partial charge in [-0.1, -0.05) is 24.3 Å². The van der Waals surface area contributed by atoms with Gasteiger partial charge in [0.15, 0.2) is 0 Å². The Hall–Kier alpha value is -3.12. The van der Waals surface area contributed by atoms with E-state index in [0.717, 1.165) is 28.1 Å². The lowest BCUT2D eigenvalue weighted by Crippen LogP contribution is -2.15. The van der Waals surface area contributed by atoms with Crippen molar-refractivity contribution in [3.05, 3.63) is 88.0 Å². The van der Waals surface area contributed by atoms with Gasteiger partial charge in [0.2, 0.25) is 0 Å². The number of hydrogen-bond donors (Lipinski definition) is 2. The number of carbonyl (C=O) groups is 1. The molecule has 0 saturated heterocycles. The van der Waals surface area contributed by atoms with E-state index in [1.54, 1.807) is 13.0 Å². The van der Waals surface area contributed by atoms with Gasteiger partial charge in [-0.15, -0.1) is 0 Å². The van der Waals surface area contributed by atoms with Gasteiger partial charge in [-0.2, -0.15) is 0 Å². The summed E-state index contributed by atoms with van der Waals surface area (Å²) in [5, 5.41) is 13.1. The molecule has 0 aliphatic carbocycles. The molecule has 2 N–H and O–H groups in total. The number of carboxylic acid groups (broad SMARTS) is 1. The third-order valence-corrected chi connectivity index (χ3v) is 5.28. The molecule has 0 fully saturated rings. The first kappa shape index (κ1) is 22.6. The van der Waals surface area contributed by atoms with Crippen LogP contribution in [0.25, 0.3) is 0 Å². The molecule has 2 aromatic carbocycles. The number of hydrogen-bond acceptors (Lipinski definition) is 3. The van der Waals surface area contributed by atoms with Gasteiger partial charge in [0.05, 0.1) is 11.7 Å². The van der Waals surface area contributed by atoms with Gasteiger partial charge in [-0.05, 0) is 63.1 Å². The predicted molar refractivity (Wildman–Crippen MR) is 119 cm³/mol. The number of halogens is 1. The van der Waals surface area contributed by atoms with Crippen LogP contribution in [-0.2, 0) is 19.6 Å². The van der Waals surface area contributed by atoms with E-state index in [0.29, 0.717) is 30.9 Å². The highest BCUT2D eigenvalue weighted by molar-refractivity contribution is 5.91. The number of ether oxygens (including phenoxy) is 1. The fourth-order valence-corrected chi connectivity index (χ4v) is 3.79. The predicted octanol–water partition coefficient (Wildman–Crippen LogP) is 5.07. The minimum absolute atomic E-state index is 0.126. The molecule has 6 heteroatoms. The average molecular weight is 425 g/mol. The van der Waals surface area contributed by atoms with E-state index in [1.165, 1.54) is 12.1 Å². The lowest BCUT2D eigenvalue weighted by atomic mass is 10.1. The van der Waals surface area contributed by atoms with Crippen LogP contribution >= 0.6 is 0 Å². The fraction of sp³-hybridized carbons (Fsp3) is 0.320. The molecule has 1 heterocycles. The summed E-state index contributed by atoms with van der Waals surface area (Å²) in [5.41, 5.74) is 4.47. The molecule has 0 radical (unpaired) electrons. The van der Waals surface area contributed by atoms with E-state index < -0.39 is 5.97 Å². The summed E-state index contributed by atoms with van der Waals surface area (Å²) in [6.07, 6.45) is 0.126. The lowest BCUT2D eigenvalue weighted by Gasteiger charge is -2.11. The Morgan fingerprint density at radius 3 is 2.39 bits per heavy atom. The fourth-order valence-electron chi connectivity index (χ4n) is 3.79. The molecular weight excluding hydrogens is 395 g/mol. The summed E-state index contributed by atoms with van der Waals surface area (Å²) in [7, 11) is 0. The molecule has 0 amide bonds. The van der Waals surface area contributed by atoms with Crippen LogP contribution in [0.5, 0.6) is 5.75 Å². The molecule has 31 heavy (non-hydrogen) atoms. The number of benzene rings is 2. The molecule has 0 saturated carbocycles. The summed E-state index contributed by atoms with van der Waals surface area (Å²) in [6, 6.07) is 14.2. The standard InChI is InChI=1S/C25H29FN2O3/c1-16(2)31-22-10-8-19(9-11-22)13-27-14-23-17(3)28(18(4)24(23)25(29)30)15-20-6-5-7-21(26)12-20/h5-12,16,27H,13-15H2,1-4H3,(H,29,30). The van der Waals surface area contributed by atoms with Crippen molar-refractivity contribution in [2.75, 3.05) is 0 Å². The van der Waals surface area contributed by atoms with Crippen molar-refractivity contribution >= 4 is 5.97 Å². The van der Waals surface area contributed by atoms with Crippen LogP contribution in [0.1, 0.15) is 52.3 Å². The zero-order valence-electron chi connectivity index (χ0n) is 18.4. The maximum absolute atomic E-state index is 13.6. The molecule has 5 nitrogen and oxygen atoms in total. The molecule has 1 aromatic heterocycles. The van der Waals surface area contributed by atoms with E-state index in [1.807, 2.05) is 55.7 Å². The third-order valence-electron chi connectivity index (χ3n) is 5.28. The highest BCUT2D eigenvalue weighted by Gasteiger charge is 2.22. The Morgan fingerprint density at radius 1 is 1.06 bits per heavy atom. The second-order valence-electron chi connectivity index (χ2n) is 7.96. The molecule has 0 bridgehead atoms. The summed E-state index contributed by atoms with van der Waals surface area (Å²) in [5.74, 6) is -0.427. The largest absolute Gasteiger partial charge is 0.491 e. The monoisotopic (exact) mass is 424 g/mol. The minimum Gasteiger partial charge on any atom is -0.491 e. The van der Waals surface area contributed by atoms with Gasteiger partial charge in [0.1, 0.15) is 11.6 Å². The van der Waals surface area contributed by atoms with E-state index in [2.05, 4.69) is 5.32 Å². The quantitative estimate of drug-likeness (QED) is 0.504. The van der Waals surface area contributed by atoms with Crippen molar-refractivity contribution in [1.29, 1.82) is 0 Å². The Balaban J connectivity index is 1.75. The number of carboxylic acids is 1. The van der Waals surface area contributed by atoms with Crippen molar-refractivity contribution in [2.45, 2.75) is 53.4 Å². The number of rotatable bonds is 9. The van der Waals surface area contributed by atoms with Crippen molar-refractivity contribution in [3.63, 3.8) is 0 Å². The molecule has 0 unspecified atom stereocenters. The summed E-state index contributed by atoms with van der Waals surface area (Å²) in [4.78, 5) is 12.0. The maximum Gasteiger partial charge on any atom is 0.337 e. The minimum atomic E-state index is -0.953. The van der Waals surface area contributed by atoms with Gasteiger partial charge in [-0.3, -0.25) is 0 Å². The van der Waals surface area contributed by atoms with Crippen LogP contribution in [0.15, 0.2) is 48.5 Å². The zero-order valence-corrected chi connectivity index (χ0v) is 18.4. The Bertz CT molecular complexity index is 1060. The van der Waals surface area contributed by atoms with E-state index in [-0.39, 0.29) is 11.9 Å². The second kappa shape index (κ2) is 9.79. The maximum atomic E-state index is 13.6. The van der Waals surface area contributed by atoms with Crippen LogP contribution in [0.4, 0.5) is 4.39 Å². The van der Waals surface area contributed by atoms with Crippen LogP contribution < -0.4 is 10.1 Å². The number of nitrogens with one attached hydrogen (secondary N) is 1. The van der Waals surface area contributed by atoms with E-state index in [4.69, 9.17) is 4.74 Å². The van der Waals surface area contributed by atoms with Gasteiger partial charge in [0, 0.05) is 36.6 Å². The summed E-state index contributed by atoms with van der Waals surface area (Å²) < 4.78 is 21.2. The van der Waals surface area contributed by atoms with Crippen molar-refractivity contribution < 1.29 is 19.0 Å². The molecule has 164 valence electrons. The Kier molecular flexibility index (Phi) is 7.13. The van der Waals surface area contributed by atoms with E-state index in [9.17, 15) is 14.3 Å². The number of aromatic nitrogens is 1. The molecule has 3 rings (SSSR count). The molecule has 0 spiro atoms. The third kappa shape index (κ3) is 5.52. The van der Waals surface area contributed by atoms with Gasteiger partial charge >= 0.3 is 5.97 Å². The van der Waals surface area contributed by atoms with Gasteiger partial charge in [-0.25, -0.2) is 9.18 Å². The van der Waals surface area contributed by atoms with Crippen LogP contribution in [0, 0.1) is 19.7 Å². The number of aromatic carboxylic acids is 1. The molecular formula is C25H29FN2O3. The lowest BCUT2D eigenvalue weighted by molar-refractivity contribution is 0.0694. The first-order chi connectivity index (χ1) is 14.8. The molecule has 0 atom stereocenters. The zero-order chi connectivity index (χ0) is 22.5. The van der Waals surface area contributed by atoms with Crippen molar-refractivity contribution in [3.8, 4) is 5.75 Å². The highest BCUT2D eigenvalue weighted by atomic mass is 19.1. The van der Waals surface area contributed by atoms with Crippen LogP contribution in [0.2, 0.25) is 0 Å². The summed E-state index contributed by atoms with van der Waals surface area (Å²) in [6.45, 7) is 9.14. The smallest absolute Gasteiger partial charge is 0.337 e. The molecule has 0 aliphatic heterocycles. The van der Waals surface area contributed by atoms with Crippen molar-refractivity contribution in [2.24, 2.45) is 0 Å². The van der Waals surface area contributed by atoms with Gasteiger partial charge < -0.3 is 19.7 Å².